The van der Waals surface area contributed by atoms with Crippen LogP contribution in [0.1, 0.15) is 27.2 Å². The molecule has 2 nitrogen and oxygen atoms in total. The normalized spacial score (nSPS) is 33.3. The maximum Gasteiger partial charge on any atom is 0.0472 e. The minimum Gasteiger partial charge on any atom is -0.313 e. The number of rotatable bonds is 0. The van der Waals surface area contributed by atoms with E-state index in [2.05, 4.69) is 24.2 Å². The highest BCUT2D eigenvalue weighted by Crippen LogP contribution is 2.37. The zero-order valence-electron chi connectivity index (χ0n) is 8.15. The van der Waals surface area contributed by atoms with Gasteiger partial charge in [-0.15, -0.1) is 0 Å². The molecule has 2 heteroatoms. The molecule has 11 heavy (non-hydrogen) atoms. The van der Waals surface area contributed by atoms with Crippen molar-refractivity contribution in [2.45, 2.75) is 38.8 Å². The fourth-order valence-electron chi connectivity index (χ4n) is 1.99. The zero-order chi connectivity index (χ0) is 8.48. The molecule has 1 atom stereocenters. The first-order valence-electron chi connectivity index (χ1n) is 4.68. The second-order valence-electron chi connectivity index (χ2n) is 3.49. The topological polar surface area (TPSA) is 15.3 Å². The Morgan fingerprint density at radius 3 is 2.00 bits per heavy atom. The summed E-state index contributed by atoms with van der Waals surface area (Å²) < 4.78 is 0. The highest BCUT2D eigenvalue weighted by molar-refractivity contribution is 5.11. The van der Waals surface area contributed by atoms with E-state index in [0.717, 1.165) is 6.04 Å². The summed E-state index contributed by atoms with van der Waals surface area (Å²) in [6.07, 6.45) is 1.40. The van der Waals surface area contributed by atoms with E-state index in [1.54, 1.807) is 0 Å². The molecule has 2 rings (SSSR count). The minimum atomic E-state index is 0.597. The molecular formula is C9H20N2. The van der Waals surface area contributed by atoms with Crippen LogP contribution in [-0.2, 0) is 0 Å². The van der Waals surface area contributed by atoms with Crippen LogP contribution >= 0.6 is 0 Å². The van der Waals surface area contributed by atoms with Crippen LogP contribution in [0, 0.1) is 0 Å². The van der Waals surface area contributed by atoms with Crippen LogP contribution in [-0.4, -0.2) is 36.6 Å². The van der Waals surface area contributed by atoms with Crippen molar-refractivity contribution in [3.8, 4) is 0 Å². The van der Waals surface area contributed by atoms with E-state index >= 15 is 0 Å². The van der Waals surface area contributed by atoms with Gasteiger partial charge in [-0.3, -0.25) is 4.90 Å². The summed E-state index contributed by atoms with van der Waals surface area (Å²) in [5.74, 6) is 0. The summed E-state index contributed by atoms with van der Waals surface area (Å²) in [5.41, 5.74) is 0.597. The maximum absolute atomic E-state index is 3.31. The highest BCUT2D eigenvalue weighted by Gasteiger charge is 2.51. The van der Waals surface area contributed by atoms with Gasteiger partial charge >= 0.3 is 0 Å². The van der Waals surface area contributed by atoms with Crippen molar-refractivity contribution < 1.29 is 0 Å². The number of hydrogen-bond donors (Lipinski definition) is 1. The third-order valence-corrected chi connectivity index (χ3v) is 2.99. The lowest BCUT2D eigenvalue weighted by Crippen LogP contribution is -2.77. The van der Waals surface area contributed by atoms with Crippen molar-refractivity contribution >= 4 is 0 Å². The smallest absolute Gasteiger partial charge is 0.0472 e. The Morgan fingerprint density at radius 2 is 1.91 bits per heavy atom. The Morgan fingerprint density at radius 1 is 1.36 bits per heavy atom. The van der Waals surface area contributed by atoms with Crippen molar-refractivity contribution in [1.82, 2.24) is 10.2 Å². The van der Waals surface area contributed by atoms with Crippen molar-refractivity contribution in [1.29, 1.82) is 0 Å². The van der Waals surface area contributed by atoms with Gasteiger partial charge in [-0.1, -0.05) is 13.8 Å². The molecule has 1 spiro atoms. The van der Waals surface area contributed by atoms with Crippen LogP contribution in [0.5, 0.6) is 0 Å². The predicted octanol–water partition coefficient (Wildman–Crippen LogP) is 1.08. The SMILES string of the molecule is CC.CC1CC2(CNC2)N1C. The van der Waals surface area contributed by atoms with E-state index in [1.807, 2.05) is 13.8 Å². The highest BCUT2D eigenvalue weighted by atomic mass is 15.3. The fraction of sp³-hybridized carbons (Fsp3) is 1.00. The van der Waals surface area contributed by atoms with Crippen LogP contribution in [0.15, 0.2) is 0 Å². The number of nitrogens with zero attached hydrogens (tertiary/aromatic N) is 1. The average molecular weight is 156 g/mol. The standard InChI is InChI=1S/C7H14N2.C2H6/c1-6-3-7(9(6)2)4-8-5-7;1-2/h6,8H,3-5H2,1-2H3;1-2H3. The molecule has 0 aromatic rings. The summed E-state index contributed by atoms with van der Waals surface area (Å²) in [6, 6.07) is 0.826. The van der Waals surface area contributed by atoms with Crippen molar-refractivity contribution in [3.63, 3.8) is 0 Å². The molecule has 0 bridgehead atoms. The van der Waals surface area contributed by atoms with E-state index in [9.17, 15) is 0 Å². The Balaban J connectivity index is 0.000000281. The Kier molecular flexibility index (Phi) is 2.55. The summed E-state index contributed by atoms with van der Waals surface area (Å²) in [5, 5.41) is 3.31. The van der Waals surface area contributed by atoms with Crippen LogP contribution in [0.2, 0.25) is 0 Å². The van der Waals surface area contributed by atoms with Crippen molar-refractivity contribution in [2.75, 3.05) is 20.1 Å². The molecular weight excluding hydrogens is 136 g/mol. The second kappa shape index (κ2) is 3.11. The van der Waals surface area contributed by atoms with Gasteiger partial charge in [0.25, 0.3) is 0 Å². The van der Waals surface area contributed by atoms with E-state index < -0.39 is 0 Å². The summed E-state index contributed by atoms with van der Waals surface area (Å²) in [7, 11) is 2.23. The van der Waals surface area contributed by atoms with E-state index in [-0.39, 0.29) is 0 Å². The summed E-state index contributed by atoms with van der Waals surface area (Å²) in [6.45, 7) is 8.73. The molecule has 66 valence electrons. The van der Waals surface area contributed by atoms with Crippen molar-refractivity contribution in [2.24, 2.45) is 0 Å². The summed E-state index contributed by atoms with van der Waals surface area (Å²) >= 11 is 0. The van der Waals surface area contributed by atoms with Gasteiger partial charge in [0.2, 0.25) is 0 Å². The van der Waals surface area contributed by atoms with Crippen LogP contribution in [0.3, 0.4) is 0 Å². The largest absolute Gasteiger partial charge is 0.313 e. The molecule has 0 aromatic heterocycles. The lowest BCUT2D eigenvalue weighted by atomic mass is 9.75. The fourth-order valence-corrected chi connectivity index (χ4v) is 1.99. The minimum absolute atomic E-state index is 0.597. The Hall–Kier alpha value is -0.0800. The number of hydrogen-bond acceptors (Lipinski definition) is 2. The molecule has 2 saturated heterocycles. The zero-order valence-corrected chi connectivity index (χ0v) is 8.15. The molecule has 2 aliphatic rings. The van der Waals surface area contributed by atoms with Crippen molar-refractivity contribution in [3.05, 3.63) is 0 Å². The van der Waals surface area contributed by atoms with Crippen LogP contribution < -0.4 is 5.32 Å². The molecule has 0 aliphatic carbocycles. The van der Waals surface area contributed by atoms with E-state index in [4.69, 9.17) is 0 Å². The second-order valence-corrected chi connectivity index (χ2v) is 3.49. The molecule has 2 heterocycles. The number of nitrogens with one attached hydrogen (secondary N) is 1. The third-order valence-electron chi connectivity index (χ3n) is 2.99. The van der Waals surface area contributed by atoms with Crippen LogP contribution in [0.25, 0.3) is 0 Å². The Labute approximate surface area is 70.0 Å². The molecule has 0 amide bonds. The lowest BCUT2D eigenvalue weighted by molar-refractivity contribution is -0.0773. The van der Waals surface area contributed by atoms with Gasteiger partial charge in [-0.05, 0) is 20.4 Å². The molecule has 1 N–H and O–H groups in total. The molecule has 2 fully saturated rings. The Bertz CT molecular complexity index is 130. The number of likely N-dealkylation sites (N-methyl/N-ethyl adjacent to an activating group) is 1. The van der Waals surface area contributed by atoms with Gasteiger partial charge in [0.05, 0.1) is 0 Å². The molecule has 0 radical (unpaired) electrons. The quantitative estimate of drug-likeness (QED) is 0.564. The van der Waals surface area contributed by atoms with Gasteiger partial charge in [0, 0.05) is 24.7 Å². The van der Waals surface area contributed by atoms with Gasteiger partial charge in [0.1, 0.15) is 0 Å². The summed E-state index contributed by atoms with van der Waals surface area (Å²) in [4.78, 5) is 2.49. The average Bonchev–Trinajstić information content (AvgIpc) is 1.99. The molecule has 0 aromatic carbocycles. The third kappa shape index (κ3) is 1.18. The van der Waals surface area contributed by atoms with Gasteiger partial charge < -0.3 is 5.32 Å². The molecule has 0 saturated carbocycles. The first kappa shape index (κ1) is 9.01. The van der Waals surface area contributed by atoms with E-state index in [1.165, 1.54) is 19.5 Å². The number of likely N-dealkylation sites (tertiary alicyclic amines) is 1. The first-order valence-corrected chi connectivity index (χ1v) is 4.68. The molecule has 1 unspecified atom stereocenters. The van der Waals surface area contributed by atoms with E-state index in [0.29, 0.717) is 5.54 Å². The predicted molar refractivity (Wildman–Crippen MR) is 48.8 cm³/mol. The molecule has 2 aliphatic heterocycles. The van der Waals surface area contributed by atoms with Gasteiger partial charge in [-0.2, -0.15) is 0 Å². The monoisotopic (exact) mass is 156 g/mol. The lowest BCUT2D eigenvalue weighted by Gasteiger charge is -2.61. The maximum atomic E-state index is 3.31. The van der Waals surface area contributed by atoms with Gasteiger partial charge in [0.15, 0.2) is 0 Å². The first-order chi connectivity index (χ1) is 5.25. The van der Waals surface area contributed by atoms with Crippen LogP contribution in [0.4, 0.5) is 0 Å². The van der Waals surface area contributed by atoms with Gasteiger partial charge in [-0.25, -0.2) is 0 Å².